The van der Waals surface area contributed by atoms with Gasteiger partial charge >= 0.3 is 0 Å². The molecule has 9 nitrogen and oxygen atoms in total. The molecule has 0 unspecified atom stereocenters. The van der Waals surface area contributed by atoms with Crippen LogP contribution in [0.1, 0.15) is 88.3 Å². The zero-order valence-electron chi connectivity index (χ0n) is 27.9. The highest BCUT2D eigenvalue weighted by molar-refractivity contribution is 5.88. The van der Waals surface area contributed by atoms with Gasteiger partial charge in [-0.25, -0.2) is 4.39 Å². The Morgan fingerprint density at radius 1 is 1.07 bits per heavy atom. The first-order valence-corrected chi connectivity index (χ1v) is 16.7. The van der Waals surface area contributed by atoms with Crippen molar-refractivity contribution in [2.45, 2.75) is 103 Å². The van der Waals surface area contributed by atoms with Crippen molar-refractivity contribution >= 4 is 11.8 Å². The van der Waals surface area contributed by atoms with Gasteiger partial charge in [0.2, 0.25) is 11.8 Å². The maximum atomic E-state index is 13.4. The molecule has 0 spiro atoms. The predicted octanol–water partition coefficient (Wildman–Crippen LogP) is 4.98. The highest BCUT2D eigenvalue weighted by Gasteiger charge is 2.31. The molecule has 1 fully saturated rings. The van der Waals surface area contributed by atoms with Gasteiger partial charge in [0.05, 0.1) is 32.0 Å². The number of carbonyl (C=O) groups excluding carboxylic acids is 2. The van der Waals surface area contributed by atoms with E-state index >= 15 is 0 Å². The van der Waals surface area contributed by atoms with Crippen molar-refractivity contribution in [3.63, 3.8) is 0 Å². The van der Waals surface area contributed by atoms with Crippen molar-refractivity contribution in [1.29, 1.82) is 0 Å². The van der Waals surface area contributed by atoms with Gasteiger partial charge in [-0.15, -0.1) is 0 Å². The summed E-state index contributed by atoms with van der Waals surface area (Å²) in [5.74, 6) is -0.128. The predicted molar refractivity (Wildman–Crippen MR) is 177 cm³/mol. The minimum Gasteiger partial charge on any atom is -0.493 e. The number of benzene rings is 2. The highest BCUT2D eigenvalue weighted by atomic mass is 19.1. The van der Waals surface area contributed by atoms with Gasteiger partial charge < -0.3 is 35.7 Å². The SMILES string of the molecule is CCC[C@H](C[C@H](O)[C@@H](N)COCc1ccc(C2CC2)c(OCCCOC)c1)C(=O)N[C@H](C(=O)NCc1ccc(F)cc1)[C@@H](C)CC. The third-order valence-electron chi connectivity index (χ3n) is 8.63. The monoisotopic (exact) mass is 643 g/mol. The molecule has 0 aliphatic heterocycles. The molecule has 46 heavy (non-hydrogen) atoms. The van der Waals surface area contributed by atoms with Gasteiger partial charge in [0.15, 0.2) is 0 Å². The van der Waals surface area contributed by atoms with E-state index in [4.69, 9.17) is 19.9 Å². The van der Waals surface area contributed by atoms with E-state index < -0.39 is 24.1 Å². The quantitative estimate of drug-likeness (QED) is 0.133. The Hall–Kier alpha value is -3.05. The zero-order chi connectivity index (χ0) is 33.5. The lowest BCUT2D eigenvalue weighted by Gasteiger charge is -2.28. The van der Waals surface area contributed by atoms with E-state index in [1.165, 1.54) is 30.5 Å². The molecular weight excluding hydrogens is 589 g/mol. The molecule has 5 atom stereocenters. The summed E-state index contributed by atoms with van der Waals surface area (Å²) in [5.41, 5.74) is 9.27. The van der Waals surface area contributed by atoms with Crippen molar-refractivity contribution in [2.24, 2.45) is 17.6 Å². The van der Waals surface area contributed by atoms with Crippen LogP contribution in [0.25, 0.3) is 0 Å². The van der Waals surface area contributed by atoms with Gasteiger partial charge in [-0.1, -0.05) is 57.9 Å². The number of methoxy groups -OCH3 is 1. The lowest BCUT2D eigenvalue weighted by molar-refractivity contribution is -0.133. The topological polar surface area (TPSA) is 132 Å². The molecule has 2 aromatic carbocycles. The average molecular weight is 644 g/mol. The van der Waals surface area contributed by atoms with Crippen molar-refractivity contribution in [1.82, 2.24) is 10.6 Å². The number of amides is 2. The highest BCUT2D eigenvalue weighted by Crippen LogP contribution is 2.44. The molecule has 1 saturated carbocycles. The van der Waals surface area contributed by atoms with Crippen molar-refractivity contribution in [3.05, 3.63) is 65.0 Å². The fraction of sp³-hybridized carbons (Fsp3) is 0.611. The summed E-state index contributed by atoms with van der Waals surface area (Å²) in [6, 6.07) is 10.7. The number of rotatable bonds is 22. The smallest absolute Gasteiger partial charge is 0.243 e. The minimum absolute atomic E-state index is 0.116. The van der Waals surface area contributed by atoms with Crippen molar-refractivity contribution in [2.75, 3.05) is 26.9 Å². The molecule has 256 valence electrons. The Kier molecular flexibility index (Phi) is 15.9. The largest absolute Gasteiger partial charge is 0.493 e. The number of ether oxygens (including phenoxy) is 3. The van der Waals surface area contributed by atoms with Crippen LogP contribution in [-0.2, 0) is 32.2 Å². The van der Waals surface area contributed by atoms with Crippen LogP contribution >= 0.6 is 0 Å². The number of nitrogens with one attached hydrogen (secondary N) is 2. The molecular formula is C36H54FN3O6. The number of hydrogen-bond donors (Lipinski definition) is 4. The normalized spacial score (nSPS) is 16.2. The molecule has 2 aromatic rings. The summed E-state index contributed by atoms with van der Waals surface area (Å²) in [6.07, 6.45) is 4.32. The summed E-state index contributed by atoms with van der Waals surface area (Å²) in [5, 5.41) is 16.8. The Balaban J connectivity index is 1.52. The van der Waals surface area contributed by atoms with Crippen LogP contribution in [0.2, 0.25) is 0 Å². The summed E-state index contributed by atoms with van der Waals surface area (Å²) < 4.78 is 30.3. The van der Waals surface area contributed by atoms with Gasteiger partial charge in [-0.05, 0) is 72.4 Å². The molecule has 0 saturated heterocycles. The molecule has 0 aromatic heterocycles. The van der Waals surface area contributed by atoms with Gasteiger partial charge in [0, 0.05) is 32.6 Å². The second-order valence-corrected chi connectivity index (χ2v) is 12.5. The lowest BCUT2D eigenvalue weighted by Crippen LogP contribution is -2.52. The maximum absolute atomic E-state index is 13.4. The van der Waals surface area contributed by atoms with Crippen LogP contribution in [0.4, 0.5) is 4.39 Å². The van der Waals surface area contributed by atoms with E-state index in [0.717, 1.165) is 29.7 Å². The van der Waals surface area contributed by atoms with Crippen LogP contribution in [0.3, 0.4) is 0 Å². The first kappa shape index (κ1) is 37.4. The number of halogens is 1. The molecule has 2 amide bonds. The molecule has 5 N–H and O–H groups in total. The standard InChI is InChI=1S/C36H54FN3O6/c1-5-8-28(35(42)40-34(24(3)6-2)36(43)39-21-25-9-14-29(37)15-10-25)20-32(41)31(38)23-45-22-26-11-16-30(27-12-13-27)33(19-26)46-18-7-17-44-4/h9-11,14-16,19,24,27-28,31-32,34,41H,5-8,12-13,17-18,20-23,38H2,1-4H3,(H,39,43)(H,40,42)/t24-,28+,31-,32-,34-/m0/s1. The second kappa shape index (κ2) is 19.6. The molecule has 1 aliphatic carbocycles. The van der Waals surface area contributed by atoms with Gasteiger partial charge in [-0.3, -0.25) is 9.59 Å². The van der Waals surface area contributed by atoms with Gasteiger partial charge in [0.1, 0.15) is 17.6 Å². The number of aliphatic hydroxyl groups is 1. The van der Waals surface area contributed by atoms with Gasteiger partial charge in [0.25, 0.3) is 0 Å². The van der Waals surface area contributed by atoms with E-state index in [-0.39, 0.29) is 43.1 Å². The van der Waals surface area contributed by atoms with Crippen LogP contribution in [0, 0.1) is 17.7 Å². The molecule has 0 heterocycles. The fourth-order valence-electron chi connectivity index (χ4n) is 5.38. The Bertz CT molecular complexity index is 1210. The minimum atomic E-state index is -0.964. The van der Waals surface area contributed by atoms with E-state index in [9.17, 15) is 19.1 Å². The Labute approximate surface area is 273 Å². The van der Waals surface area contributed by atoms with Crippen LogP contribution in [0.5, 0.6) is 5.75 Å². The van der Waals surface area contributed by atoms with E-state index in [1.807, 2.05) is 32.9 Å². The number of nitrogens with two attached hydrogens (primary N) is 1. The van der Waals surface area contributed by atoms with Crippen molar-refractivity contribution < 1.29 is 33.3 Å². The van der Waals surface area contributed by atoms with Crippen LogP contribution in [0.15, 0.2) is 42.5 Å². The third kappa shape index (κ3) is 12.3. The zero-order valence-corrected chi connectivity index (χ0v) is 27.9. The molecule has 10 heteroatoms. The molecule has 0 radical (unpaired) electrons. The van der Waals surface area contributed by atoms with Gasteiger partial charge in [-0.2, -0.15) is 0 Å². The Morgan fingerprint density at radius 3 is 2.43 bits per heavy atom. The van der Waals surface area contributed by atoms with E-state index in [0.29, 0.717) is 38.6 Å². The molecule has 1 aliphatic rings. The summed E-state index contributed by atoms with van der Waals surface area (Å²) in [6.45, 7) is 7.74. The fourth-order valence-corrected chi connectivity index (χ4v) is 5.38. The molecule has 0 bridgehead atoms. The first-order chi connectivity index (χ1) is 22.2. The van der Waals surface area contributed by atoms with Crippen molar-refractivity contribution in [3.8, 4) is 5.75 Å². The van der Waals surface area contributed by atoms with E-state index in [1.54, 1.807) is 19.2 Å². The Morgan fingerprint density at radius 2 is 1.78 bits per heavy atom. The van der Waals surface area contributed by atoms with Crippen LogP contribution < -0.4 is 21.1 Å². The first-order valence-electron chi connectivity index (χ1n) is 16.7. The number of hydrogen-bond acceptors (Lipinski definition) is 7. The second-order valence-electron chi connectivity index (χ2n) is 12.5. The number of aliphatic hydroxyl groups excluding tert-OH is 1. The lowest BCUT2D eigenvalue weighted by atomic mass is 9.91. The maximum Gasteiger partial charge on any atom is 0.243 e. The average Bonchev–Trinajstić information content (AvgIpc) is 3.90. The number of carbonyl (C=O) groups is 2. The summed E-state index contributed by atoms with van der Waals surface area (Å²) in [7, 11) is 1.68. The van der Waals surface area contributed by atoms with Crippen LogP contribution in [-0.4, -0.2) is 62.0 Å². The van der Waals surface area contributed by atoms with E-state index in [2.05, 4.69) is 16.7 Å². The summed E-state index contributed by atoms with van der Waals surface area (Å²) in [4.78, 5) is 26.5. The molecule has 3 rings (SSSR count). The summed E-state index contributed by atoms with van der Waals surface area (Å²) >= 11 is 0. The third-order valence-corrected chi connectivity index (χ3v) is 8.63.